The van der Waals surface area contributed by atoms with Crippen molar-refractivity contribution in [3.05, 3.63) is 83.2 Å². The second kappa shape index (κ2) is 8.00. The van der Waals surface area contributed by atoms with Gasteiger partial charge in [0.2, 0.25) is 0 Å². The quantitative estimate of drug-likeness (QED) is 0.342. The number of carbonyl (C=O) groups is 1. The molecule has 0 radical (unpaired) electrons. The second-order valence-corrected chi connectivity index (χ2v) is 13.0. The van der Waals surface area contributed by atoms with Gasteiger partial charge < -0.3 is 14.2 Å². The van der Waals surface area contributed by atoms with Gasteiger partial charge in [0, 0.05) is 41.2 Å². The van der Waals surface area contributed by atoms with Crippen LogP contribution in [0, 0.1) is 0 Å². The number of halogens is 2. The standard InChI is InChI=1S/C27H24F2N3O3P/c1-31-21-14-19(23-18(26(31)33)5-4-6-22(23)35-27(28)29)24-20-13-16(11-12-32(20)30-25(21)24)15-7-9-17(10-8-15)36(2,3)34/h4-13,19,21,27H,14H2,1-3H3/t19-,21-/m1/s1. The van der Waals surface area contributed by atoms with Crippen molar-refractivity contribution in [1.82, 2.24) is 14.5 Å². The summed E-state index contributed by atoms with van der Waals surface area (Å²) >= 11 is 0. The van der Waals surface area contributed by atoms with Crippen LogP contribution in [0.2, 0.25) is 0 Å². The molecule has 9 heteroatoms. The fourth-order valence-electron chi connectivity index (χ4n) is 5.55. The average Bonchev–Trinajstić information content (AvgIpc) is 3.36. The smallest absolute Gasteiger partial charge is 0.387 e. The molecule has 2 aliphatic rings. The van der Waals surface area contributed by atoms with Crippen molar-refractivity contribution in [2.45, 2.75) is 25.0 Å². The van der Waals surface area contributed by atoms with Crippen LogP contribution < -0.4 is 10.0 Å². The van der Waals surface area contributed by atoms with Crippen LogP contribution in [0.4, 0.5) is 8.78 Å². The van der Waals surface area contributed by atoms with Crippen LogP contribution in [0.5, 0.6) is 5.75 Å². The zero-order chi connectivity index (χ0) is 25.4. The first-order valence-corrected chi connectivity index (χ1v) is 14.3. The minimum atomic E-state index is -3.00. The van der Waals surface area contributed by atoms with E-state index in [0.717, 1.165) is 33.2 Å². The molecule has 2 bridgehead atoms. The zero-order valence-corrected chi connectivity index (χ0v) is 20.9. The maximum atomic E-state index is 13.3. The molecule has 0 fully saturated rings. The lowest BCUT2D eigenvalue weighted by Crippen LogP contribution is -2.30. The van der Waals surface area contributed by atoms with Crippen LogP contribution in [-0.2, 0) is 4.57 Å². The Hall–Kier alpha value is -3.51. The third-order valence-corrected chi connectivity index (χ3v) is 8.84. The van der Waals surface area contributed by atoms with E-state index in [0.29, 0.717) is 17.5 Å². The van der Waals surface area contributed by atoms with Crippen LogP contribution in [0.1, 0.15) is 45.6 Å². The summed E-state index contributed by atoms with van der Waals surface area (Å²) < 4.78 is 45.7. The summed E-state index contributed by atoms with van der Waals surface area (Å²) in [6.45, 7) is 0.496. The highest BCUT2D eigenvalue weighted by molar-refractivity contribution is 7.70. The molecule has 2 atom stereocenters. The lowest BCUT2D eigenvalue weighted by molar-refractivity contribution is -0.0505. The van der Waals surface area contributed by atoms with Crippen molar-refractivity contribution < 1.29 is 22.9 Å². The number of benzene rings is 2. The highest BCUT2D eigenvalue weighted by Gasteiger charge is 2.46. The molecule has 2 aromatic carbocycles. The predicted molar refractivity (Wildman–Crippen MR) is 134 cm³/mol. The highest BCUT2D eigenvalue weighted by atomic mass is 31.2. The van der Waals surface area contributed by atoms with E-state index in [1.165, 1.54) is 6.07 Å². The summed E-state index contributed by atoms with van der Waals surface area (Å²) in [6.07, 6.45) is 2.42. The van der Waals surface area contributed by atoms with Gasteiger partial charge in [-0.15, -0.1) is 0 Å². The Balaban J connectivity index is 1.53. The molecular formula is C27H24F2N3O3P. The van der Waals surface area contributed by atoms with Gasteiger partial charge in [-0.25, -0.2) is 4.52 Å². The molecule has 6 nitrogen and oxygen atoms in total. The fourth-order valence-corrected chi connectivity index (χ4v) is 6.42. The van der Waals surface area contributed by atoms with Gasteiger partial charge in [0.05, 0.1) is 17.3 Å². The number of amides is 1. The van der Waals surface area contributed by atoms with E-state index in [-0.39, 0.29) is 23.6 Å². The number of carbonyl (C=O) groups excluding carboxylic acids is 1. The summed E-state index contributed by atoms with van der Waals surface area (Å²) in [5.41, 5.74) is 5.36. The predicted octanol–water partition coefficient (Wildman–Crippen LogP) is 5.51. The Morgan fingerprint density at radius 3 is 2.50 bits per heavy atom. The molecule has 1 amide bonds. The monoisotopic (exact) mass is 507 g/mol. The molecule has 1 aliphatic heterocycles. The van der Waals surface area contributed by atoms with Crippen molar-refractivity contribution in [1.29, 1.82) is 0 Å². The lowest BCUT2D eigenvalue weighted by atomic mass is 9.88. The number of alkyl halides is 2. The molecule has 0 saturated heterocycles. The number of nitrogens with zero attached hydrogens (tertiary/aromatic N) is 3. The fraction of sp³-hybridized carbons (Fsp3) is 0.259. The first kappa shape index (κ1) is 22.9. The lowest BCUT2D eigenvalue weighted by Gasteiger charge is -2.23. The number of fused-ring (bicyclic) bond motifs is 9. The van der Waals surface area contributed by atoms with E-state index < -0.39 is 13.8 Å². The molecule has 4 aromatic rings. The van der Waals surface area contributed by atoms with Crippen molar-refractivity contribution in [2.24, 2.45) is 0 Å². The summed E-state index contributed by atoms with van der Waals surface area (Å²) in [6, 6.07) is 16.2. The van der Waals surface area contributed by atoms with Crippen molar-refractivity contribution in [3.63, 3.8) is 0 Å². The molecule has 1 aliphatic carbocycles. The van der Waals surface area contributed by atoms with Crippen molar-refractivity contribution in [3.8, 4) is 16.9 Å². The molecule has 0 unspecified atom stereocenters. The molecular weight excluding hydrogens is 483 g/mol. The van der Waals surface area contributed by atoms with Gasteiger partial charge >= 0.3 is 6.61 Å². The van der Waals surface area contributed by atoms with E-state index in [1.807, 2.05) is 42.6 Å². The first-order valence-electron chi connectivity index (χ1n) is 11.7. The normalized spacial score (nSPS) is 18.9. The first-order chi connectivity index (χ1) is 17.1. The third-order valence-electron chi connectivity index (χ3n) is 7.30. The van der Waals surface area contributed by atoms with Crippen LogP contribution in [-0.4, -0.2) is 47.4 Å². The summed E-state index contributed by atoms with van der Waals surface area (Å²) in [5.74, 6) is -0.521. The summed E-state index contributed by atoms with van der Waals surface area (Å²) in [5, 5.41) is 5.62. The van der Waals surface area contributed by atoms with Crippen LogP contribution in [0.3, 0.4) is 0 Å². The molecule has 36 heavy (non-hydrogen) atoms. The minimum Gasteiger partial charge on any atom is -0.434 e. The number of hydrogen-bond acceptors (Lipinski definition) is 4. The van der Waals surface area contributed by atoms with E-state index in [4.69, 9.17) is 9.84 Å². The Morgan fingerprint density at radius 2 is 1.81 bits per heavy atom. The Kier molecular flexibility index (Phi) is 5.09. The molecule has 0 saturated carbocycles. The van der Waals surface area contributed by atoms with Crippen LogP contribution >= 0.6 is 7.14 Å². The van der Waals surface area contributed by atoms with Gasteiger partial charge in [-0.05, 0) is 55.1 Å². The Bertz CT molecular complexity index is 1580. The zero-order valence-electron chi connectivity index (χ0n) is 20.0. The average molecular weight is 507 g/mol. The molecule has 2 aromatic heterocycles. The second-order valence-electron chi connectivity index (χ2n) is 9.76. The third kappa shape index (κ3) is 3.46. The van der Waals surface area contributed by atoms with Gasteiger partial charge in [0.25, 0.3) is 5.91 Å². The number of ether oxygens (including phenoxy) is 1. The Labute approximate surface area is 206 Å². The summed E-state index contributed by atoms with van der Waals surface area (Å²) in [7, 11) is -0.627. The van der Waals surface area contributed by atoms with Crippen LogP contribution in [0.25, 0.3) is 16.6 Å². The van der Waals surface area contributed by atoms with E-state index in [2.05, 4.69) is 0 Å². The molecule has 0 N–H and O–H groups in total. The number of hydrogen-bond donors (Lipinski definition) is 0. The molecule has 6 rings (SSSR count). The molecule has 3 heterocycles. The van der Waals surface area contributed by atoms with E-state index in [1.54, 1.807) is 41.9 Å². The van der Waals surface area contributed by atoms with Crippen molar-refractivity contribution in [2.75, 3.05) is 20.4 Å². The van der Waals surface area contributed by atoms with Gasteiger partial charge in [0.15, 0.2) is 0 Å². The highest BCUT2D eigenvalue weighted by Crippen LogP contribution is 2.53. The van der Waals surface area contributed by atoms with Crippen molar-refractivity contribution >= 4 is 23.9 Å². The number of rotatable bonds is 4. The maximum Gasteiger partial charge on any atom is 0.387 e. The van der Waals surface area contributed by atoms with Gasteiger partial charge in [-0.1, -0.05) is 30.3 Å². The van der Waals surface area contributed by atoms with Gasteiger partial charge in [-0.2, -0.15) is 13.9 Å². The topological polar surface area (TPSA) is 63.9 Å². The molecule has 184 valence electrons. The van der Waals surface area contributed by atoms with Gasteiger partial charge in [-0.3, -0.25) is 4.79 Å². The van der Waals surface area contributed by atoms with Crippen LogP contribution in [0.15, 0.2) is 60.8 Å². The van der Waals surface area contributed by atoms with E-state index >= 15 is 0 Å². The number of pyridine rings is 1. The molecule has 0 spiro atoms. The SMILES string of the molecule is CN1C(=O)c2cccc(OC(F)F)c2[C@H]2C[C@@H]1c1nn3ccc(-c4ccc(P(C)(C)=O)cc4)cc3c12. The summed E-state index contributed by atoms with van der Waals surface area (Å²) in [4.78, 5) is 14.9. The number of aromatic nitrogens is 2. The maximum absolute atomic E-state index is 13.3. The van der Waals surface area contributed by atoms with Gasteiger partial charge in [0.1, 0.15) is 12.9 Å². The Morgan fingerprint density at radius 1 is 1.06 bits per heavy atom. The minimum absolute atomic E-state index is 0.0254. The largest absolute Gasteiger partial charge is 0.434 e. The van der Waals surface area contributed by atoms with E-state index in [9.17, 15) is 18.1 Å².